The lowest BCUT2D eigenvalue weighted by Crippen LogP contribution is -2.27. The third-order valence-corrected chi connectivity index (χ3v) is 4.49. The summed E-state index contributed by atoms with van der Waals surface area (Å²) in [5.74, 6) is 1.02. The average molecular weight is 354 g/mol. The Morgan fingerprint density at radius 1 is 1.23 bits per heavy atom. The lowest BCUT2D eigenvalue weighted by Gasteiger charge is -2.26. The smallest absolute Gasteiger partial charge is 0.259 e. The van der Waals surface area contributed by atoms with Gasteiger partial charge in [-0.2, -0.15) is 0 Å². The maximum Gasteiger partial charge on any atom is 0.259 e. The number of hydrogen-bond acceptors (Lipinski definition) is 4. The number of rotatable bonds is 5. The molecule has 1 N–H and O–H groups in total. The molecule has 26 heavy (non-hydrogen) atoms. The summed E-state index contributed by atoms with van der Waals surface area (Å²) >= 11 is 0. The van der Waals surface area contributed by atoms with Crippen molar-refractivity contribution in [3.8, 4) is 11.5 Å². The van der Waals surface area contributed by atoms with Gasteiger partial charge in [0.1, 0.15) is 11.5 Å². The van der Waals surface area contributed by atoms with E-state index in [1.54, 1.807) is 25.3 Å². The number of ether oxygens (including phenoxy) is 2. The first-order valence-electron chi connectivity index (χ1n) is 8.93. The number of benzene rings is 2. The highest BCUT2D eigenvalue weighted by atomic mass is 16.5. The summed E-state index contributed by atoms with van der Waals surface area (Å²) < 4.78 is 11.1. The summed E-state index contributed by atoms with van der Waals surface area (Å²) in [6.07, 6.45) is 0.994. The molecule has 0 fully saturated rings. The van der Waals surface area contributed by atoms with Crippen molar-refractivity contribution in [2.24, 2.45) is 0 Å². The molecule has 138 valence electrons. The standard InChI is InChI=1S/C21H26N2O3/c1-14(2)26-16-8-9-18(20(12-16)25-4)21(24)22-19-7-5-6-15-13-23(3)11-10-17(15)19/h5-9,12,14H,10-11,13H2,1-4H3,(H,22,24). The molecule has 1 amide bonds. The van der Waals surface area contributed by atoms with Crippen LogP contribution in [0.5, 0.6) is 11.5 Å². The number of carbonyl (C=O) groups excluding carboxylic acids is 1. The van der Waals surface area contributed by atoms with Crippen molar-refractivity contribution in [1.29, 1.82) is 0 Å². The van der Waals surface area contributed by atoms with Crippen LogP contribution in [-0.4, -0.2) is 37.6 Å². The highest BCUT2D eigenvalue weighted by Gasteiger charge is 2.19. The van der Waals surface area contributed by atoms with E-state index < -0.39 is 0 Å². The summed E-state index contributed by atoms with van der Waals surface area (Å²) in [7, 11) is 3.67. The van der Waals surface area contributed by atoms with Gasteiger partial charge in [-0.3, -0.25) is 4.79 Å². The summed E-state index contributed by atoms with van der Waals surface area (Å²) in [4.78, 5) is 15.1. The van der Waals surface area contributed by atoms with Gasteiger partial charge in [0.25, 0.3) is 5.91 Å². The molecule has 5 heteroatoms. The van der Waals surface area contributed by atoms with Gasteiger partial charge in [0.05, 0.1) is 18.8 Å². The van der Waals surface area contributed by atoms with Crippen LogP contribution in [0.2, 0.25) is 0 Å². The van der Waals surface area contributed by atoms with E-state index in [0.29, 0.717) is 17.1 Å². The van der Waals surface area contributed by atoms with Crippen LogP contribution in [0, 0.1) is 0 Å². The highest BCUT2D eigenvalue weighted by Crippen LogP contribution is 2.29. The molecule has 0 atom stereocenters. The Morgan fingerprint density at radius 2 is 2.04 bits per heavy atom. The van der Waals surface area contributed by atoms with Crippen molar-refractivity contribution in [1.82, 2.24) is 4.90 Å². The van der Waals surface area contributed by atoms with Gasteiger partial charge >= 0.3 is 0 Å². The SMILES string of the molecule is COc1cc(OC(C)C)ccc1C(=O)Nc1cccc2c1CCN(C)C2. The fraction of sp³-hybridized carbons (Fsp3) is 0.381. The van der Waals surface area contributed by atoms with Gasteiger partial charge in [-0.25, -0.2) is 0 Å². The number of amides is 1. The summed E-state index contributed by atoms with van der Waals surface area (Å²) in [6.45, 7) is 5.82. The van der Waals surface area contributed by atoms with Gasteiger partial charge in [-0.05, 0) is 56.6 Å². The minimum absolute atomic E-state index is 0.0633. The average Bonchev–Trinajstić information content (AvgIpc) is 2.60. The fourth-order valence-electron chi connectivity index (χ4n) is 3.26. The molecule has 1 aliphatic heterocycles. The third kappa shape index (κ3) is 3.99. The monoisotopic (exact) mass is 354 g/mol. The Morgan fingerprint density at radius 3 is 2.77 bits per heavy atom. The minimum atomic E-state index is -0.176. The zero-order valence-corrected chi connectivity index (χ0v) is 15.8. The van der Waals surface area contributed by atoms with E-state index in [0.717, 1.165) is 25.2 Å². The lowest BCUT2D eigenvalue weighted by molar-refractivity contribution is 0.102. The number of hydrogen-bond donors (Lipinski definition) is 1. The van der Waals surface area contributed by atoms with Gasteiger partial charge in [-0.15, -0.1) is 0 Å². The van der Waals surface area contributed by atoms with Crippen molar-refractivity contribution in [2.45, 2.75) is 32.9 Å². The van der Waals surface area contributed by atoms with E-state index in [9.17, 15) is 4.79 Å². The van der Waals surface area contributed by atoms with Gasteiger partial charge in [0.2, 0.25) is 0 Å². The van der Waals surface area contributed by atoms with Gasteiger partial charge in [0, 0.05) is 24.8 Å². The third-order valence-electron chi connectivity index (χ3n) is 4.49. The summed E-state index contributed by atoms with van der Waals surface area (Å²) in [5.41, 5.74) is 3.86. The van der Waals surface area contributed by atoms with Crippen molar-refractivity contribution >= 4 is 11.6 Å². The Balaban J connectivity index is 1.84. The maximum absolute atomic E-state index is 12.8. The molecule has 1 aliphatic rings. The van der Waals surface area contributed by atoms with Crippen molar-refractivity contribution < 1.29 is 14.3 Å². The molecule has 0 unspecified atom stereocenters. The molecule has 0 spiro atoms. The second-order valence-corrected chi connectivity index (χ2v) is 6.91. The molecule has 0 aliphatic carbocycles. The molecule has 5 nitrogen and oxygen atoms in total. The van der Waals surface area contributed by atoms with Gasteiger partial charge < -0.3 is 19.7 Å². The quantitative estimate of drug-likeness (QED) is 0.889. The van der Waals surface area contributed by atoms with E-state index >= 15 is 0 Å². The predicted octanol–water partition coefficient (Wildman–Crippen LogP) is 3.72. The topological polar surface area (TPSA) is 50.8 Å². The van der Waals surface area contributed by atoms with Crippen LogP contribution in [0.3, 0.4) is 0 Å². The predicted molar refractivity (Wildman–Crippen MR) is 103 cm³/mol. The van der Waals surface area contributed by atoms with Crippen LogP contribution in [0.25, 0.3) is 0 Å². The van der Waals surface area contributed by atoms with Crippen LogP contribution in [0.4, 0.5) is 5.69 Å². The molecule has 3 rings (SSSR count). The van der Waals surface area contributed by atoms with E-state index in [2.05, 4.69) is 23.3 Å². The number of nitrogens with zero attached hydrogens (tertiary/aromatic N) is 1. The molecular formula is C21H26N2O3. The maximum atomic E-state index is 12.8. The molecule has 2 aromatic carbocycles. The van der Waals surface area contributed by atoms with Crippen LogP contribution in [0.1, 0.15) is 35.3 Å². The molecule has 0 bridgehead atoms. The molecule has 2 aromatic rings. The number of anilines is 1. The first kappa shape index (κ1) is 18.3. The number of fused-ring (bicyclic) bond motifs is 1. The lowest BCUT2D eigenvalue weighted by atomic mass is 9.98. The Bertz CT molecular complexity index is 802. The highest BCUT2D eigenvalue weighted by molar-refractivity contribution is 6.06. The molecule has 0 radical (unpaired) electrons. The summed E-state index contributed by atoms with van der Waals surface area (Å²) in [6, 6.07) is 11.4. The van der Waals surface area contributed by atoms with Gasteiger partial charge in [0.15, 0.2) is 0 Å². The minimum Gasteiger partial charge on any atom is -0.496 e. The molecule has 1 heterocycles. The molecule has 0 saturated heterocycles. The fourth-order valence-corrected chi connectivity index (χ4v) is 3.26. The molecule has 0 saturated carbocycles. The van der Waals surface area contributed by atoms with E-state index in [4.69, 9.17) is 9.47 Å². The van der Waals surface area contributed by atoms with Crippen molar-refractivity contribution in [2.75, 3.05) is 26.0 Å². The van der Waals surface area contributed by atoms with E-state index in [-0.39, 0.29) is 12.0 Å². The largest absolute Gasteiger partial charge is 0.496 e. The summed E-state index contributed by atoms with van der Waals surface area (Å²) in [5, 5.41) is 3.06. The van der Waals surface area contributed by atoms with Crippen LogP contribution in [0.15, 0.2) is 36.4 Å². The van der Waals surface area contributed by atoms with Crippen LogP contribution >= 0.6 is 0 Å². The Labute approximate surface area is 154 Å². The Hall–Kier alpha value is -2.53. The normalized spacial score (nSPS) is 14.0. The zero-order chi connectivity index (χ0) is 18.7. The van der Waals surface area contributed by atoms with Crippen LogP contribution < -0.4 is 14.8 Å². The second-order valence-electron chi connectivity index (χ2n) is 6.91. The Kier molecular flexibility index (Phi) is 5.47. The number of methoxy groups -OCH3 is 1. The zero-order valence-electron chi connectivity index (χ0n) is 15.8. The first-order valence-corrected chi connectivity index (χ1v) is 8.93. The second kappa shape index (κ2) is 7.79. The molecule has 0 aromatic heterocycles. The number of nitrogens with one attached hydrogen (secondary N) is 1. The van der Waals surface area contributed by atoms with E-state index in [1.807, 2.05) is 26.0 Å². The molecular weight excluding hydrogens is 328 g/mol. The van der Waals surface area contributed by atoms with Crippen LogP contribution in [-0.2, 0) is 13.0 Å². The van der Waals surface area contributed by atoms with Crippen molar-refractivity contribution in [3.05, 3.63) is 53.1 Å². The van der Waals surface area contributed by atoms with Gasteiger partial charge in [-0.1, -0.05) is 12.1 Å². The number of likely N-dealkylation sites (N-methyl/N-ethyl adjacent to an activating group) is 1. The van der Waals surface area contributed by atoms with Crippen molar-refractivity contribution in [3.63, 3.8) is 0 Å². The number of carbonyl (C=O) groups is 1. The first-order chi connectivity index (χ1) is 12.5. The van der Waals surface area contributed by atoms with E-state index in [1.165, 1.54) is 11.1 Å².